The number of benzene rings is 2. The topological polar surface area (TPSA) is 35.8 Å². The van der Waals surface area contributed by atoms with Crippen molar-refractivity contribution in [3.63, 3.8) is 0 Å². The Morgan fingerprint density at radius 3 is 2.47 bits per heavy atom. The third-order valence-corrected chi connectivity index (χ3v) is 2.83. The lowest BCUT2D eigenvalue weighted by Crippen LogP contribution is -1.94. The number of para-hydroxylation sites is 1. The average molecular weight is 222 g/mol. The largest absolute Gasteiger partial charge is 0.354 e. The van der Waals surface area contributed by atoms with Gasteiger partial charge in [0.2, 0.25) is 0 Å². The van der Waals surface area contributed by atoms with Gasteiger partial charge in [0.25, 0.3) is 0 Å². The van der Waals surface area contributed by atoms with Crippen LogP contribution in [-0.4, -0.2) is 0 Å². The van der Waals surface area contributed by atoms with Gasteiger partial charge in [-0.25, -0.2) is 0 Å². The van der Waals surface area contributed by atoms with Gasteiger partial charge in [-0.3, -0.25) is 0 Å². The molecule has 1 N–H and O–H groups in total. The summed E-state index contributed by atoms with van der Waals surface area (Å²) < 4.78 is 0. The minimum atomic E-state index is 0.658. The van der Waals surface area contributed by atoms with Crippen molar-refractivity contribution in [1.82, 2.24) is 0 Å². The molecule has 2 rings (SSSR count). The van der Waals surface area contributed by atoms with Crippen molar-refractivity contribution in [2.45, 2.75) is 13.8 Å². The van der Waals surface area contributed by atoms with E-state index in [1.54, 1.807) is 0 Å². The van der Waals surface area contributed by atoms with Crippen LogP contribution in [0.25, 0.3) is 0 Å². The number of hydrogen-bond acceptors (Lipinski definition) is 2. The van der Waals surface area contributed by atoms with E-state index in [2.05, 4.69) is 37.4 Å². The van der Waals surface area contributed by atoms with Crippen LogP contribution in [0.15, 0.2) is 42.5 Å². The van der Waals surface area contributed by atoms with Crippen LogP contribution >= 0.6 is 0 Å². The maximum atomic E-state index is 9.01. The highest BCUT2D eigenvalue weighted by Crippen LogP contribution is 2.22. The molecule has 0 unspecified atom stereocenters. The molecule has 0 amide bonds. The van der Waals surface area contributed by atoms with Gasteiger partial charge in [-0.15, -0.1) is 0 Å². The van der Waals surface area contributed by atoms with Crippen molar-refractivity contribution in [2.75, 3.05) is 5.32 Å². The van der Waals surface area contributed by atoms with E-state index in [-0.39, 0.29) is 0 Å². The Hall–Kier alpha value is -2.27. The zero-order valence-corrected chi connectivity index (χ0v) is 9.99. The Morgan fingerprint density at radius 2 is 1.76 bits per heavy atom. The van der Waals surface area contributed by atoms with Crippen LogP contribution in [0, 0.1) is 25.2 Å². The summed E-state index contributed by atoms with van der Waals surface area (Å²) in [6, 6.07) is 15.9. The molecule has 0 atom stereocenters. The van der Waals surface area contributed by atoms with E-state index in [0.717, 1.165) is 11.4 Å². The zero-order valence-electron chi connectivity index (χ0n) is 9.99. The number of nitrogens with one attached hydrogen (secondary N) is 1. The Balaban J connectivity index is 2.32. The summed E-state index contributed by atoms with van der Waals surface area (Å²) >= 11 is 0. The van der Waals surface area contributed by atoms with Crippen LogP contribution < -0.4 is 5.32 Å². The van der Waals surface area contributed by atoms with Gasteiger partial charge in [-0.1, -0.05) is 18.2 Å². The van der Waals surface area contributed by atoms with Crippen molar-refractivity contribution < 1.29 is 0 Å². The summed E-state index contributed by atoms with van der Waals surface area (Å²) in [7, 11) is 0. The molecule has 2 heteroatoms. The first-order valence-electron chi connectivity index (χ1n) is 5.54. The fourth-order valence-electron chi connectivity index (χ4n) is 1.66. The predicted molar refractivity (Wildman–Crippen MR) is 70.4 cm³/mol. The van der Waals surface area contributed by atoms with Crippen molar-refractivity contribution in [3.05, 3.63) is 59.2 Å². The molecule has 2 nitrogen and oxygen atoms in total. The normalized spacial score (nSPS) is 9.71. The first kappa shape index (κ1) is 11.2. The van der Waals surface area contributed by atoms with Crippen LogP contribution in [-0.2, 0) is 0 Å². The molecule has 0 fully saturated rings. The maximum absolute atomic E-state index is 9.01. The number of nitrogens with zero attached hydrogens (tertiary/aromatic N) is 1. The second-order valence-corrected chi connectivity index (χ2v) is 4.08. The molecule has 0 aliphatic carbocycles. The predicted octanol–water partition coefficient (Wildman–Crippen LogP) is 3.92. The second-order valence-electron chi connectivity index (χ2n) is 4.08. The average Bonchev–Trinajstić information content (AvgIpc) is 2.34. The van der Waals surface area contributed by atoms with Crippen LogP contribution in [0.3, 0.4) is 0 Å². The monoisotopic (exact) mass is 222 g/mol. The molecule has 84 valence electrons. The molecule has 17 heavy (non-hydrogen) atoms. The lowest BCUT2D eigenvalue weighted by Gasteiger charge is -2.09. The molecule has 0 aliphatic rings. The standard InChI is InChI=1S/C15H14N2/c1-11-7-8-14(9-12(11)2)17-15-6-4-3-5-13(15)10-16/h3-9,17H,1-2H3. The third kappa shape index (κ3) is 2.46. The van der Waals surface area contributed by atoms with Crippen LogP contribution in [0.2, 0.25) is 0 Å². The van der Waals surface area contributed by atoms with Gasteiger partial charge in [-0.2, -0.15) is 5.26 Å². The molecular formula is C15H14N2. The Labute approximate surface area is 102 Å². The Kier molecular flexibility index (Phi) is 3.11. The van der Waals surface area contributed by atoms with Gasteiger partial charge in [0.05, 0.1) is 11.3 Å². The summed E-state index contributed by atoms with van der Waals surface area (Å²) in [4.78, 5) is 0. The van der Waals surface area contributed by atoms with Gasteiger partial charge in [0, 0.05) is 5.69 Å². The summed E-state index contributed by atoms with van der Waals surface area (Å²) in [6.45, 7) is 4.17. The molecule has 0 spiro atoms. The van der Waals surface area contributed by atoms with E-state index in [9.17, 15) is 0 Å². The lowest BCUT2D eigenvalue weighted by molar-refractivity contribution is 1.33. The smallest absolute Gasteiger partial charge is 0.101 e. The summed E-state index contributed by atoms with van der Waals surface area (Å²) in [5.41, 5.74) is 5.02. The molecule has 2 aromatic rings. The van der Waals surface area contributed by atoms with Gasteiger partial charge in [0.1, 0.15) is 6.07 Å². The van der Waals surface area contributed by atoms with Gasteiger partial charge >= 0.3 is 0 Å². The van der Waals surface area contributed by atoms with E-state index in [1.807, 2.05) is 30.3 Å². The number of aryl methyl sites for hydroxylation is 2. The van der Waals surface area contributed by atoms with Crippen molar-refractivity contribution in [2.24, 2.45) is 0 Å². The van der Waals surface area contributed by atoms with E-state index >= 15 is 0 Å². The molecule has 0 aromatic heterocycles. The maximum Gasteiger partial charge on any atom is 0.101 e. The van der Waals surface area contributed by atoms with E-state index < -0.39 is 0 Å². The molecule has 0 heterocycles. The summed E-state index contributed by atoms with van der Waals surface area (Å²) in [6.07, 6.45) is 0. The number of rotatable bonds is 2. The summed E-state index contributed by atoms with van der Waals surface area (Å²) in [5, 5.41) is 12.3. The highest BCUT2D eigenvalue weighted by molar-refractivity contribution is 5.67. The number of anilines is 2. The SMILES string of the molecule is Cc1ccc(Nc2ccccc2C#N)cc1C. The van der Waals surface area contributed by atoms with Gasteiger partial charge in [-0.05, 0) is 49.2 Å². The summed E-state index contributed by atoms with van der Waals surface area (Å²) in [5.74, 6) is 0. The van der Waals surface area contributed by atoms with E-state index in [4.69, 9.17) is 5.26 Å². The minimum absolute atomic E-state index is 0.658. The molecule has 0 radical (unpaired) electrons. The quantitative estimate of drug-likeness (QED) is 0.836. The fourth-order valence-corrected chi connectivity index (χ4v) is 1.66. The van der Waals surface area contributed by atoms with Crippen molar-refractivity contribution in [3.8, 4) is 6.07 Å². The molecule has 0 saturated carbocycles. The molecule has 2 aromatic carbocycles. The first-order chi connectivity index (χ1) is 8.20. The Morgan fingerprint density at radius 1 is 1.00 bits per heavy atom. The lowest BCUT2D eigenvalue weighted by atomic mass is 10.1. The molecule has 0 bridgehead atoms. The molecular weight excluding hydrogens is 208 g/mol. The van der Waals surface area contributed by atoms with Gasteiger partial charge < -0.3 is 5.32 Å². The highest BCUT2D eigenvalue weighted by atomic mass is 14.9. The fraction of sp³-hybridized carbons (Fsp3) is 0.133. The van der Waals surface area contributed by atoms with Crippen molar-refractivity contribution in [1.29, 1.82) is 5.26 Å². The van der Waals surface area contributed by atoms with Crippen LogP contribution in [0.4, 0.5) is 11.4 Å². The van der Waals surface area contributed by atoms with Gasteiger partial charge in [0.15, 0.2) is 0 Å². The molecule has 0 aliphatic heterocycles. The number of hydrogen-bond donors (Lipinski definition) is 1. The second kappa shape index (κ2) is 4.71. The number of nitriles is 1. The highest BCUT2D eigenvalue weighted by Gasteiger charge is 2.01. The minimum Gasteiger partial charge on any atom is -0.354 e. The van der Waals surface area contributed by atoms with E-state index in [1.165, 1.54) is 11.1 Å². The van der Waals surface area contributed by atoms with Crippen molar-refractivity contribution >= 4 is 11.4 Å². The molecule has 0 saturated heterocycles. The van der Waals surface area contributed by atoms with Crippen LogP contribution in [0.5, 0.6) is 0 Å². The van der Waals surface area contributed by atoms with E-state index in [0.29, 0.717) is 5.56 Å². The zero-order chi connectivity index (χ0) is 12.3. The third-order valence-electron chi connectivity index (χ3n) is 2.83. The Bertz CT molecular complexity index is 580. The first-order valence-corrected chi connectivity index (χ1v) is 5.54. The van der Waals surface area contributed by atoms with Crippen LogP contribution in [0.1, 0.15) is 16.7 Å².